The van der Waals surface area contributed by atoms with Gasteiger partial charge in [-0.15, -0.1) is 0 Å². The lowest BCUT2D eigenvalue weighted by atomic mass is 10.2. The Balaban J connectivity index is 1.87. The maximum atomic E-state index is 6.19. The largest absolute Gasteiger partial charge is 0.487 e. The number of pyridine rings is 1. The highest BCUT2D eigenvalue weighted by atomic mass is 35.5. The Morgan fingerprint density at radius 3 is 2.55 bits per heavy atom. The molecule has 20 heavy (non-hydrogen) atoms. The number of para-hydroxylation sites is 2. The molecule has 2 nitrogen and oxygen atoms in total. The van der Waals surface area contributed by atoms with Gasteiger partial charge in [0.2, 0.25) is 0 Å². The van der Waals surface area contributed by atoms with E-state index < -0.39 is 0 Å². The van der Waals surface area contributed by atoms with Gasteiger partial charge in [-0.05, 0) is 24.3 Å². The Bertz CT molecular complexity index is 758. The second-order valence-electron chi connectivity index (χ2n) is 4.35. The highest BCUT2D eigenvalue weighted by molar-refractivity contribution is 6.32. The number of fused-ring (bicyclic) bond motifs is 1. The van der Waals surface area contributed by atoms with E-state index in [-0.39, 0.29) is 0 Å². The molecule has 100 valence electrons. The van der Waals surface area contributed by atoms with Gasteiger partial charge in [-0.3, -0.25) is 0 Å². The molecule has 0 saturated carbocycles. The lowest BCUT2D eigenvalue weighted by Gasteiger charge is -2.09. The molecule has 4 heteroatoms. The zero-order chi connectivity index (χ0) is 13.9. The number of rotatable bonds is 3. The highest BCUT2D eigenvalue weighted by Gasteiger charge is 2.07. The third-order valence-corrected chi connectivity index (χ3v) is 3.61. The predicted molar refractivity (Wildman–Crippen MR) is 82.5 cm³/mol. The van der Waals surface area contributed by atoms with Gasteiger partial charge in [0, 0.05) is 10.9 Å². The molecule has 1 heterocycles. The molecule has 0 N–H and O–H groups in total. The van der Waals surface area contributed by atoms with E-state index in [1.54, 1.807) is 6.07 Å². The summed E-state index contributed by atoms with van der Waals surface area (Å²) in [6.07, 6.45) is 0. The second kappa shape index (κ2) is 5.70. The molecule has 0 aliphatic rings. The van der Waals surface area contributed by atoms with E-state index in [2.05, 4.69) is 4.98 Å². The maximum absolute atomic E-state index is 6.19. The predicted octanol–water partition coefficient (Wildman–Crippen LogP) is 5.12. The summed E-state index contributed by atoms with van der Waals surface area (Å²) in [7, 11) is 0. The first kappa shape index (κ1) is 13.2. The van der Waals surface area contributed by atoms with Crippen molar-refractivity contribution in [1.29, 1.82) is 0 Å². The summed E-state index contributed by atoms with van der Waals surface area (Å²) in [5.41, 5.74) is 1.71. The van der Waals surface area contributed by atoms with Crippen LogP contribution in [0.25, 0.3) is 10.9 Å². The Labute approximate surface area is 126 Å². The van der Waals surface area contributed by atoms with E-state index in [1.807, 2.05) is 48.5 Å². The minimum atomic E-state index is 0.334. The minimum Gasteiger partial charge on any atom is -0.487 e. The fourth-order valence-corrected chi connectivity index (χ4v) is 2.35. The van der Waals surface area contributed by atoms with E-state index in [9.17, 15) is 0 Å². The standard InChI is InChI=1S/C16H11Cl2NO/c17-13-6-2-4-8-15(13)20-10-12-9-11-5-1-3-7-14(11)19-16(12)18/h1-9H,10H2. The number of hydrogen-bond donors (Lipinski definition) is 0. The Morgan fingerprint density at radius 1 is 0.950 bits per heavy atom. The lowest BCUT2D eigenvalue weighted by Crippen LogP contribution is -1.98. The molecule has 0 aliphatic heterocycles. The topological polar surface area (TPSA) is 22.1 Å². The van der Waals surface area contributed by atoms with Gasteiger partial charge in [0.05, 0.1) is 10.5 Å². The van der Waals surface area contributed by atoms with Crippen LogP contribution in [0, 0.1) is 0 Å². The van der Waals surface area contributed by atoms with Crippen molar-refractivity contribution in [1.82, 2.24) is 4.98 Å². The Morgan fingerprint density at radius 2 is 1.70 bits per heavy atom. The summed E-state index contributed by atoms with van der Waals surface area (Å²) >= 11 is 12.2. The van der Waals surface area contributed by atoms with Crippen LogP contribution >= 0.6 is 23.2 Å². The molecule has 0 fully saturated rings. The fourth-order valence-electron chi connectivity index (χ4n) is 1.95. The van der Waals surface area contributed by atoms with Gasteiger partial charge in [0.1, 0.15) is 17.5 Å². The molecule has 0 bridgehead atoms. The Kier molecular flexibility index (Phi) is 3.77. The van der Waals surface area contributed by atoms with Gasteiger partial charge in [-0.1, -0.05) is 53.5 Å². The second-order valence-corrected chi connectivity index (χ2v) is 5.12. The smallest absolute Gasteiger partial charge is 0.138 e. The van der Waals surface area contributed by atoms with Crippen molar-refractivity contribution in [2.75, 3.05) is 0 Å². The molecule has 3 aromatic rings. The summed E-state index contributed by atoms with van der Waals surface area (Å²) in [5.74, 6) is 0.637. The number of ether oxygens (including phenoxy) is 1. The molecule has 0 spiro atoms. The minimum absolute atomic E-state index is 0.334. The first-order valence-electron chi connectivity index (χ1n) is 6.15. The van der Waals surface area contributed by atoms with Gasteiger partial charge in [0.15, 0.2) is 0 Å². The molecule has 0 atom stereocenters. The molecular weight excluding hydrogens is 293 g/mol. The highest BCUT2D eigenvalue weighted by Crippen LogP contribution is 2.26. The van der Waals surface area contributed by atoms with Crippen LogP contribution in [0.1, 0.15) is 5.56 Å². The van der Waals surface area contributed by atoms with Crippen LogP contribution in [-0.2, 0) is 6.61 Å². The summed E-state index contributed by atoms with van der Waals surface area (Å²) in [6, 6.07) is 17.2. The van der Waals surface area contributed by atoms with Crippen molar-refractivity contribution < 1.29 is 4.74 Å². The lowest BCUT2D eigenvalue weighted by molar-refractivity contribution is 0.306. The van der Waals surface area contributed by atoms with Crippen LogP contribution in [-0.4, -0.2) is 4.98 Å². The number of hydrogen-bond acceptors (Lipinski definition) is 2. The van der Waals surface area contributed by atoms with Crippen molar-refractivity contribution in [3.05, 3.63) is 70.3 Å². The quantitative estimate of drug-likeness (QED) is 0.626. The summed E-state index contributed by atoms with van der Waals surface area (Å²) in [5, 5.41) is 2.07. The SMILES string of the molecule is Clc1ccccc1OCc1cc2ccccc2nc1Cl. The molecule has 2 aromatic carbocycles. The fraction of sp³-hybridized carbons (Fsp3) is 0.0625. The van der Waals surface area contributed by atoms with Crippen LogP contribution in [0.15, 0.2) is 54.6 Å². The van der Waals surface area contributed by atoms with Crippen LogP contribution in [0.3, 0.4) is 0 Å². The van der Waals surface area contributed by atoms with Crippen molar-refractivity contribution in [2.45, 2.75) is 6.61 Å². The van der Waals surface area contributed by atoms with Crippen LogP contribution in [0.2, 0.25) is 10.2 Å². The summed E-state index contributed by atoms with van der Waals surface area (Å²) in [4.78, 5) is 4.36. The van der Waals surface area contributed by atoms with Gasteiger partial charge in [-0.25, -0.2) is 4.98 Å². The third-order valence-electron chi connectivity index (χ3n) is 2.97. The van der Waals surface area contributed by atoms with E-state index in [1.165, 1.54) is 0 Å². The summed E-state index contributed by atoms with van der Waals surface area (Å²) < 4.78 is 5.70. The van der Waals surface area contributed by atoms with Gasteiger partial charge >= 0.3 is 0 Å². The molecule has 1 aromatic heterocycles. The number of aromatic nitrogens is 1. The zero-order valence-corrected chi connectivity index (χ0v) is 12.0. The first-order valence-corrected chi connectivity index (χ1v) is 6.91. The van der Waals surface area contributed by atoms with Gasteiger partial charge in [0.25, 0.3) is 0 Å². The van der Waals surface area contributed by atoms with Crippen LogP contribution < -0.4 is 4.74 Å². The Hall–Kier alpha value is -1.77. The van der Waals surface area contributed by atoms with Crippen molar-refractivity contribution in [3.8, 4) is 5.75 Å². The maximum Gasteiger partial charge on any atom is 0.138 e. The third kappa shape index (κ3) is 2.72. The van der Waals surface area contributed by atoms with Crippen molar-refractivity contribution in [3.63, 3.8) is 0 Å². The molecule has 0 unspecified atom stereocenters. The van der Waals surface area contributed by atoms with E-state index in [0.717, 1.165) is 16.5 Å². The molecular formula is C16H11Cl2NO. The summed E-state index contributed by atoms with van der Waals surface area (Å²) in [6.45, 7) is 0.334. The molecule has 0 radical (unpaired) electrons. The van der Waals surface area contributed by atoms with Crippen LogP contribution in [0.4, 0.5) is 0 Å². The number of nitrogens with zero attached hydrogens (tertiary/aromatic N) is 1. The van der Waals surface area contributed by atoms with Gasteiger partial charge in [-0.2, -0.15) is 0 Å². The zero-order valence-electron chi connectivity index (χ0n) is 10.5. The molecule has 3 rings (SSSR count). The van der Waals surface area contributed by atoms with E-state index in [0.29, 0.717) is 22.5 Å². The monoisotopic (exact) mass is 303 g/mol. The number of halogens is 2. The first-order chi connectivity index (χ1) is 9.74. The van der Waals surface area contributed by atoms with Crippen LogP contribution in [0.5, 0.6) is 5.75 Å². The van der Waals surface area contributed by atoms with Crippen molar-refractivity contribution >= 4 is 34.1 Å². The van der Waals surface area contributed by atoms with Crippen molar-refractivity contribution in [2.24, 2.45) is 0 Å². The molecule has 0 saturated heterocycles. The van der Waals surface area contributed by atoms with E-state index in [4.69, 9.17) is 27.9 Å². The van der Waals surface area contributed by atoms with E-state index >= 15 is 0 Å². The van der Waals surface area contributed by atoms with Gasteiger partial charge < -0.3 is 4.74 Å². The number of benzene rings is 2. The average molecular weight is 304 g/mol. The normalized spacial score (nSPS) is 10.7. The molecule has 0 amide bonds. The molecule has 0 aliphatic carbocycles. The average Bonchev–Trinajstić information content (AvgIpc) is 2.46.